The lowest BCUT2D eigenvalue weighted by Crippen LogP contribution is -2.37. The summed E-state index contributed by atoms with van der Waals surface area (Å²) in [6, 6.07) is 6.19. The smallest absolute Gasteiger partial charge is 0.508 e. The molecule has 0 radical (unpaired) electrons. The number of hydrogen-bond donors (Lipinski definition) is 1. The van der Waals surface area contributed by atoms with Crippen LogP contribution in [-0.4, -0.2) is 54.7 Å². The Hall–Kier alpha value is -3.28. The van der Waals surface area contributed by atoms with Crippen molar-refractivity contribution in [3.8, 4) is 11.5 Å². The van der Waals surface area contributed by atoms with E-state index in [-0.39, 0.29) is 12.4 Å². The van der Waals surface area contributed by atoms with Crippen LogP contribution in [0.2, 0.25) is 0 Å². The molecule has 12 heteroatoms. The Bertz CT molecular complexity index is 1280. The fraction of sp³-hybridized carbons (Fsp3) is 0.391. The van der Waals surface area contributed by atoms with Crippen LogP contribution in [-0.2, 0) is 27.7 Å². The average molecular weight is 513 g/mol. The first kappa shape index (κ1) is 24.8. The zero-order valence-electron chi connectivity index (χ0n) is 18.8. The molecule has 1 aliphatic carbocycles. The number of aromatic hydroxyl groups is 1. The molecule has 0 spiro atoms. The molecule has 1 amide bonds. The number of pyridine rings is 1. The van der Waals surface area contributed by atoms with Gasteiger partial charge in [0.2, 0.25) is 0 Å². The summed E-state index contributed by atoms with van der Waals surface area (Å²) in [6.45, 7) is 2.84. The number of fused-ring (bicyclic) bond motifs is 2. The summed E-state index contributed by atoms with van der Waals surface area (Å²) >= 11 is 0. The summed E-state index contributed by atoms with van der Waals surface area (Å²) in [5, 5.41) is 10.0. The number of aryl methyl sites for hydroxylation is 2. The van der Waals surface area contributed by atoms with Gasteiger partial charge >= 0.3 is 21.7 Å². The number of carbonyl (C=O) groups is 1. The zero-order valence-corrected chi connectivity index (χ0v) is 19.6. The van der Waals surface area contributed by atoms with Crippen LogP contribution in [0.15, 0.2) is 36.0 Å². The Morgan fingerprint density at radius 2 is 1.80 bits per heavy atom. The normalized spacial score (nSPS) is 16.3. The molecule has 2 aromatic rings. The predicted molar refractivity (Wildman–Crippen MR) is 119 cm³/mol. The molecule has 35 heavy (non-hydrogen) atoms. The number of phenols is 1. The number of benzene rings is 1. The third-order valence-electron chi connectivity index (χ3n) is 5.94. The molecule has 2 aliphatic rings. The summed E-state index contributed by atoms with van der Waals surface area (Å²) in [5.41, 5.74) is -1.13. The molecule has 1 saturated heterocycles. The van der Waals surface area contributed by atoms with Gasteiger partial charge in [0.25, 0.3) is 0 Å². The van der Waals surface area contributed by atoms with E-state index in [2.05, 4.69) is 9.17 Å². The summed E-state index contributed by atoms with van der Waals surface area (Å²) in [5.74, 6) is -0.458. The van der Waals surface area contributed by atoms with Crippen LogP contribution in [0.1, 0.15) is 42.1 Å². The summed E-state index contributed by atoms with van der Waals surface area (Å²) in [4.78, 5) is 18.0. The largest absolute Gasteiger partial charge is 0.534 e. The van der Waals surface area contributed by atoms with Crippen LogP contribution in [0.4, 0.5) is 18.0 Å². The van der Waals surface area contributed by atoms with Crippen LogP contribution in [0, 0.1) is 0 Å². The van der Waals surface area contributed by atoms with Gasteiger partial charge in [-0.2, -0.15) is 21.6 Å². The number of piperidine rings is 1. The summed E-state index contributed by atoms with van der Waals surface area (Å²) in [7, 11) is -5.83. The number of carbonyl (C=O) groups excluding carboxylic acids is 1. The van der Waals surface area contributed by atoms with Gasteiger partial charge in [-0.1, -0.05) is 11.6 Å². The quantitative estimate of drug-likeness (QED) is 0.486. The molecule has 2 heterocycles. The number of rotatable bonds is 3. The lowest BCUT2D eigenvalue weighted by Gasteiger charge is -2.29. The molecule has 0 atom stereocenters. The van der Waals surface area contributed by atoms with E-state index < -0.39 is 27.5 Å². The minimum absolute atomic E-state index is 0.0736. The summed E-state index contributed by atoms with van der Waals surface area (Å²) < 4.78 is 70.6. The van der Waals surface area contributed by atoms with Crippen LogP contribution in [0.5, 0.6) is 11.5 Å². The molecule has 1 aromatic carbocycles. The Labute approximate surface area is 200 Å². The number of phenolic OH excluding ortho intramolecular Hbond substituents is 1. The molecule has 1 aliphatic heterocycles. The highest BCUT2D eigenvalue weighted by atomic mass is 32.2. The van der Waals surface area contributed by atoms with Crippen molar-refractivity contribution < 1.29 is 40.4 Å². The Balaban J connectivity index is 1.75. The number of amides is 1. The minimum atomic E-state index is -5.83. The third-order valence-corrected chi connectivity index (χ3v) is 6.91. The van der Waals surface area contributed by atoms with Crippen molar-refractivity contribution in [3.63, 3.8) is 0 Å². The van der Waals surface area contributed by atoms with E-state index in [1.807, 2.05) is 0 Å². The van der Waals surface area contributed by atoms with Gasteiger partial charge in [-0.25, -0.2) is 4.79 Å². The maximum absolute atomic E-state index is 12.8. The van der Waals surface area contributed by atoms with Gasteiger partial charge in [0, 0.05) is 18.7 Å². The first-order valence-corrected chi connectivity index (χ1v) is 12.4. The van der Waals surface area contributed by atoms with Gasteiger partial charge in [0.1, 0.15) is 5.75 Å². The lowest BCUT2D eigenvalue weighted by atomic mass is 9.88. The molecule has 4 rings (SSSR count). The van der Waals surface area contributed by atoms with Gasteiger partial charge in [0.15, 0.2) is 5.75 Å². The minimum Gasteiger partial charge on any atom is -0.508 e. The fourth-order valence-electron chi connectivity index (χ4n) is 4.33. The van der Waals surface area contributed by atoms with Crippen molar-refractivity contribution in [1.29, 1.82) is 0 Å². The highest BCUT2D eigenvalue weighted by Gasteiger charge is 2.48. The second-order valence-corrected chi connectivity index (χ2v) is 9.71. The lowest BCUT2D eigenvalue weighted by molar-refractivity contribution is -0.0500. The molecule has 188 valence electrons. The number of alkyl halides is 3. The molecule has 0 unspecified atom stereocenters. The molecule has 0 bridgehead atoms. The highest BCUT2D eigenvalue weighted by Crippen LogP contribution is 2.40. The Morgan fingerprint density at radius 1 is 1.11 bits per heavy atom. The third kappa shape index (κ3) is 5.07. The van der Waals surface area contributed by atoms with Crippen molar-refractivity contribution in [3.05, 3.63) is 58.4 Å². The number of nitrogens with zero attached hydrogens (tertiary/aromatic N) is 2. The van der Waals surface area contributed by atoms with Gasteiger partial charge in [-0.15, -0.1) is 0 Å². The van der Waals surface area contributed by atoms with Crippen molar-refractivity contribution in [1.82, 2.24) is 9.88 Å². The van der Waals surface area contributed by atoms with E-state index in [9.17, 15) is 31.5 Å². The number of ether oxygens (including phenoxy) is 1. The SMILES string of the molecule is CCOC(=O)N1CCC(=C2c3ccc(O)cc3CCc3cc(OS(=O)(=O)C(F)(F)F)cnc32)CC1. The molecular weight excluding hydrogens is 489 g/mol. The zero-order chi connectivity index (χ0) is 25.4. The van der Waals surface area contributed by atoms with Crippen molar-refractivity contribution >= 4 is 21.8 Å². The van der Waals surface area contributed by atoms with E-state index >= 15 is 0 Å². The van der Waals surface area contributed by atoms with Gasteiger partial charge in [-0.05, 0) is 67.5 Å². The molecule has 1 aromatic heterocycles. The average Bonchev–Trinajstić information content (AvgIpc) is 2.94. The van der Waals surface area contributed by atoms with Crippen molar-refractivity contribution in [2.75, 3.05) is 19.7 Å². The molecule has 0 saturated carbocycles. The second kappa shape index (κ2) is 9.40. The van der Waals surface area contributed by atoms with E-state index in [4.69, 9.17) is 4.74 Å². The van der Waals surface area contributed by atoms with Gasteiger partial charge in [0.05, 0.1) is 18.5 Å². The Kier molecular flexibility index (Phi) is 6.67. The standard InChI is InChI=1S/C23H23F3N2O6S/c1-2-33-22(30)28-9-7-14(8-10-28)20-19-6-5-17(29)11-15(19)3-4-16-12-18(13-27-21(16)20)34-35(31,32)23(24,25)26/h5-6,11-13,29H,2-4,7-10H2,1H3. The van der Waals surface area contributed by atoms with Gasteiger partial charge < -0.3 is 18.9 Å². The topological polar surface area (TPSA) is 106 Å². The number of likely N-dealkylation sites (tertiary alicyclic amines) is 1. The number of halogens is 3. The predicted octanol–water partition coefficient (Wildman–Crippen LogP) is 4.17. The molecule has 8 nitrogen and oxygen atoms in total. The van der Waals surface area contributed by atoms with Crippen molar-refractivity contribution in [2.45, 2.75) is 38.1 Å². The van der Waals surface area contributed by atoms with Crippen LogP contribution in [0.3, 0.4) is 0 Å². The fourth-order valence-corrected chi connectivity index (χ4v) is 4.77. The second-order valence-electron chi connectivity index (χ2n) is 8.17. The first-order valence-electron chi connectivity index (χ1n) is 11.0. The van der Waals surface area contributed by atoms with E-state index in [1.165, 1.54) is 6.07 Å². The van der Waals surface area contributed by atoms with Crippen LogP contribution < -0.4 is 4.18 Å². The number of aromatic nitrogens is 1. The van der Waals surface area contributed by atoms with E-state index in [0.29, 0.717) is 50.0 Å². The maximum atomic E-state index is 12.8. The maximum Gasteiger partial charge on any atom is 0.534 e. The monoisotopic (exact) mass is 512 g/mol. The Morgan fingerprint density at radius 3 is 2.46 bits per heavy atom. The first-order chi connectivity index (χ1) is 16.5. The van der Waals surface area contributed by atoms with E-state index in [1.54, 1.807) is 30.0 Å². The molecule has 1 N–H and O–H groups in total. The van der Waals surface area contributed by atoms with Crippen LogP contribution in [0.25, 0.3) is 5.57 Å². The van der Waals surface area contributed by atoms with E-state index in [0.717, 1.165) is 28.5 Å². The van der Waals surface area contributed by atoms with Gasteiger partial charge in [-0.3, -0.25) is 4.98 Å². The molecular formula is C23H23F3N2O6S. The van der Waals surface area contributed by atoms with Crippen molar-refractivity contribution in [2.24, 2.45) is 0 Å². The number of hydrogen-bond acceptors (Lipinski definition) is 7. The molecule has 1 fully saturated rings. The van der Waals surface area contributed by atoms with Crippen LogP contribution >= 0.6 is 0 Å². The summed E-state index contributed by atoms with van der Waals surface area (Å²) in [6.07, 6.45) is 2.40. The highest BCUT2D eigenvalue weighted by molar-refractivity contribution is 7.88.